The van der Waals surface area contributed by atoms with E-state index in [0.717, 1.165) is 60.7 Å². The molecule has 7 rings (SSSR count). The average molecular weight is 422 g/mol. The van der Waals surface area contributed by atoms with Gasteiger partial charge in [-0.25, -0.2) is 4.90 Å². The Balaban J connectivity index is 1.14. The van der Waals surface area contributed by atoms with E-state index >= 15 is 0 Å². The number of hydrogen-bond acceptors (Lipinski definition) is 4. The van der Waals surface area contributed by atoms with Gasteiger partial charge in [0, 0.05) is 31.7 Å². The van der Waals surface area contributed by atoms with Gasteiger partial charge in [-0.3, -0.25) is 19.4 Å². The molecule has 0 unspecified atom stereocenters. The second-order valence-corrected chi connectivity index (χ2v) is 11.2. The van der Waals surface area contributed by atoms with Crippen molar-refractivity contribution in [2.24, 2.45) is 17.8 Å². The number of hydrogen-bond donors (Lipinski definition) is 0. The largest absolute Gasteiger partial charge is 0.295 e. The van der Waals surface area contributed by atoms with Crippen molar-refractivity contribution in [1.29, 1.82) is 0 Å². The first kappa shape index (κ1) is 19.9. The first-order valence-electron chi connectivity index (χ1n) is 12.3. The van der Waals surface area contributed by atoms with Crippen molar-refractivity contribution in [2.45, 2.75) is 70.4 Å². The fourth-order valence-electron chi connectivity index (χ4n) is 8.17. The van der Waals surface area contributed by atoms with Crippen LogP contribution >= 0.6 is 0 Å². The number of rotatable bonds is 3. The van der Waals surface area contributed by atoms with Gasteiger partial charge in [0.1, 0.15) is 0 Å². The molecule has 1 aromatic carbocycles. The number of anilines is 1. The van der Waals surface area contributed by atoms with Crippen LogP contribution in [0.15, 0.2) is 18.2 Å². The first-order chi connectivity index (χ1) is 14.9. The summed E-state index contributed by atoms with van der Waals surface area (Å²) in [4.78, 5) is 32.7. The predicted octanol–water partition coefficient (Wildman–Crippen LogP) is 3.52. The van der Waals surface area contributed by atoms with Crippen molar-refractivity contribution in [3.63, 3.8) is 0 Å². The molecule has 2 amide bonds. The van der Waals surface area contributed by atoms with E-state index in [1.807, 2.05) is 32.0 Å². The van der Waals surface area contributed by atoms with E-state index < -0.39 is 0 Å². The van der Waals surface area contributed by atoms with Crippen molar-refractivity contribution in [3.05, 3.63) is 29.3 Å². The maximum atomic E-state index is 13.3. The van der Waals surface area contributed by atoms with Crippen LogP contribution in [-0.2, 0) is 9.59 Å². The van der Waals surface area contributed by atoms with Crippen LogP contribution in [0.3, 0.4) is 0 Å². The fraction of sp³-hybridized carbons (Fsp3) is 0.692. The minimum atomic E-state index is -0.285. The van der Waals surface area contributed by atoms with Crippen LogP contribution < -0.4 is 4.90 Å². The summed E-state index contributed by atoms with van der Waals surface area (Å²) in [6.07, 6.45) is 8.97. The topological polar surface area (TPSA) is 43.9 Å². The summed E-state index contributed by atoms with van der Waals surface area (Å²) in [5.74, 6) is 2.81. The minimum absolute atomic E-state index is 0.0276. The molecule has 5 heteroatoms. The number of carbonyl (C=O) groups excluding carboxylic acids is 2. The second-order valence-electron chi connectivity index (χ2n) is 11.2. The van der Waals surface area contributed by atoms with Crippen LogP contribution in [-0.4, -0.2) is 59.4 Å². The Labute approximate surface area is 185 Å². The monoisotopic (exact) mass is 421 g/mol. The Kier molecular flexibility index (Phi) is 4.59. The van der Waals surface area contributed by atoms with E-state index in [9.17, 15) is 9.59 Å². The zero-order valence-electron chi connectivity index (χ0n) is 19.0. The van der Waals surface area contributed by atoms with Gasteiger partial charge in [-0.1, -0.05) is 17.7 Å². The minimum Gasteiger partial charge on any atom is -0.295 e. The molecule has 0 aromatic heterocycles. The van der Waals surface area contributed by atoms with Crippen LogP contribution in [0.1, 0.15) is 56.1 Å². The quantitative estimate of drug-likeness (QED) is 0.701. The molecule has 6 aliphatic rings. The molecule has 31 heavy (non-hydrogen) atoms. The van der Waals surface area contributed by atoms with Gasteiger partial charge in [0.15, 0.2) is 0 Å². The number of nitrogens with zero attached hydrogens (tertiary/aromatic N) is 3. The summed E-state index contributed by atoms with van der Waals surface area (Å²) in [7, 11) is 0. The molecule has 1 aromatic rings. The van der Waals surface area contributed by atoms with E-state index in [-0.39, 0.29) is 17.9 Å². The van der Waals surface area contributed by atoms with Gasteiger partial charge < -0.3 is 0 Å². The van der Waals surface area contributed by atoms with Crippen LogP contribution in [0.5, 0.6) is 0 Å². The molecule has 0 radical (unpaired) electrons. The number of aryl methyl sites for hydroxylation is 2. The van der Waals surface area contributed by atoms with Gasteiger partial charge in [0.2, 0.25) is 5.91 Å². The third kappa shape index (κ3) is 3.19. The molecule has 5 nitrogen and oxygen atoms in total. The van der Waals surface area contributed by atoms with Crippen LogP contribution in [0, 0.1) is 31.6 Å². The SMILES string of the molecule is Cc1ccc(N2C(=O)C[C@@H](N3CCN(C45CC6CC(CC(C6)C4)C5)CC3)C2=O)c(C)c1. The third-order valence-corrected chi connectivity index (χ3v) is 9.15. The van der Waals surface area contributed by atoms with Crippen LogP contribution in [0.2, 0.25) is 0 Å². The number of imide groups is 1. The Hall–Kier alpha value is -1.72. The molecule has 4 saturated carbocycles. The molecule has 4 aliphatic carbocycles. The van der Waals surface area contributed by atoms with Crippen molar-refractivity contribution in [1.82, 2.24) is 9.80 Å². The lowest BCUT2D eigenvalue weighted by Gasteiger charge is -2.61. The van der Waals surface area contributed by atoms with Crippen molar-refractivity contribution in [3.8, 4) is 0 Å². The van der Waals surface area contributed by atoms with Gasteiger partial charge in [-0.15, -0.1) is 0 Å². The van der Waals surface area contributed by atoms with Gasteiger partial charge in [-0.2, -0.15) is 0 Å². The normalized spacial score (nSPS) is 38.5. The molecule has 2 saturated heterocycles. The molecular weight excluding hydrogens is 386 g/mol. The standard InChI is InChI=1S/C26H35N3O2/c1-17-3-4-22(18(2)9-17)29-24(30)13-23(25(29)31)27-5-7-28(8-6-27)26-14-19-10-20(15-26)12-21(11-19)16-26/h3-4,9,19-21,23H,5-8,10-16H2,1-2H3/t19?,20?,21?,23-,26?/m1/s1. The zero-order chi connectivity index (χ0) is 21.3. The fourth-order valence-corrected chi connectivity index (χ4v) is 8.17. The highest BCUT2D eigenvalue weighted by Crippen LogP contribution is 2.57. The highest BCUT2D eigenvalue weighted by molar-refractivity contribution is 6.22. The maximum absolute atomic E-state index is 13.3. The Morgan fingerprint density at radius 2 is 1.48 bits per heavy atom. The van der Waals surface area contributed by atoms with E-state index in [1.54, 1.807) is 0 Å². The molecule has 0 N–H and O–H groups in total. The van der Waals surface area contributed by atoms with Gasteiger partial charge in [0.25, 0.3) is 5.91 Å². The second kappa shape index (κ2) is 7.14. The van der Waals surface area contributed by atoms with Gasteiger partial charge >= 0.3 is 0 Å². The highest BCUT2D eigenvalue weighted by Gasteiger charge is 2.54. The average Bonchev–Trinajstić information content (AvgIpc) is 3.01. The molecule has 2 heterocycles. The highest BCUT2D eigenvalue weighted by atomic mass is 16.2. The lowest BCUT2D eigenvalue weighted by molar-refractivity contribution is -0.125. The molecule has 166 valence electrons. The molecule has 2 aliphatic heterocycles. The Morgan fingerprint density at radius 1 is 0.871 bits per heavy atom. The smallest absolute Gasteiger partial charge is 0.251 e. The summed E-state index contributed by atoms with van der Waals surface area (Å²) < 4.78 is 0. The first-order valence-corrected chi connectivity index (χ1v) is 12.3. The molecule has 1 atom stereocenters. The summed E-state index contributed by atoms with van der Waals surface area (Å²) in [6, 6.07) is 5.67. The van der Waals surface area contributed by atoms with Crippen molar-refractivity contribution in [2.75, 3.05) is 31.1 Å². The summed E-state index contributed by atoms with van der Waals surface area (Å²) >= 11 is 0. The number of carbonyl (C=O) groups is 2. The van der Waals surface area contributed by atoms with Crippen molar-refractivity contribution >= 4 is 17.5 Å². The van der Waals surface area contributed by atoms with E-state index in [1.165, 1.54) is 43.4 Å². The molecule has 0 spiro atoms. The summed E-state index contributed by atoms with van der Waals surface area (Å²) in [6.45, 7) is 7.94. The van der Waals surface area contributed by atoms with Crippen LogP contribution in [0.4, 0.5) is 5.69 Å². The number of piperazine rings is 1. The zero-order valence-corrected chi connectivity index (χ0v) is 19.0. The van der Waals surface area contributed by atoms with Gasteiger partial charge in [-0.05, 0) is 81.8 Å². The Morgan fingerprint density at radius 3 is 2.06 bits per heavy atom. The lowest BCUT2D eigenvalue weighted by Crippen LogP contribution is -2.64. The van der Waals surface area contributed by atoms with E-state index in [2.05, 4.69) is 9.80 Å². The van der Waals surface area contributed by atoms with Gasteiger partial charge in [0.05, 0.1) is 18.2 Å². The van der Waals surface area contributed by atoms with Crippen molar-refractivity contribution < 1.29 is 9.59 Å². The summed E-state index contributed by atoms with van der Waals surface area (Å²) in [5.41, 5.74) is 3.35. The Bertz CT molecular complexity index is 882. The molecular formula is C26H35N3O2. The lowest BCUT2D eigenvalue weighted by atomic mass is 9.52. The predicted molar refractivity (Wildman–Crippen MR) is 121 cm³/mol. The molecule has 4 bridgehead atoms. The summed E-state index contributed by atoms with van der Waals surface area (Å²) in [5, 5.41) is 0. The number of benzene rings is 1. The van der Waals surface area contributed by atoms with E-state index in [4.69, 9.17) is 0 Å². The third-order valence-electron chi connectivity index (χ3n) is 9.15. The molecule has 6 fully saturated rings. The van der Waals surface area contributed by atoms with E-state index in [0.29, 0.717) is 12.0 Å². The van der Waals surface area contributed by atoms with Crippen LogP contribution in [0.25, 0.3) is 0 Å². The maximum Gasteiger partial charge on any atom is 0.251 e. The number of amides is 2.